The Kier molecular flexibility index (Phi) is 7.18. The lowest BCUT2D eigenvalue weighted by molar-refractivity contribution is -0.132. The van der Waals surface area contributed by atoms with E-state index in [1.54, 1.807) is 13.8 Å². The number of aliphatic hydroxyl groups excluding tert-OH is 2. The summed E-state index contributed by atoms with van der Waals surface area (Å²) in [6.07, 6.45) is 1.05. The Balaban J connectivity index is 4.68. The quantitative estimate of drug-likeness (QED) is 0.611. The second-order valence-corrected chi connectivity index (χ2v) is 5.24. The van der Waals surface area contributed by atoms with Gasteiger partial charge < -0.3 is 15.3 Å². The molecule has 0 bridgehead atoms. The van der Waals surface area contributed by atoms with Crippen molar-refractivity contribution in [3.63, 3.8) is 0 Å². The lowest BCUT2D eigenvalue weighted by atomic mass is 9.83. The fraction of sp³-hybridized carbons (Fsp3) is 0.786. The summed E-state index contributed by atoms with van der Waals surface area (Å²) >= 11 is 0. The molecule has 0 heterocycles. The first-order chi connectivity index (χ1) is 8.22. The molecule has 0 aromatic heterocycles. The lowest BCUT2D eigenvalue weighted by Crippen LogP contribution is -2.37. The minimum Gasteiger partial charge on any atom is -0.478 e. The van der Waals surface area contributed by atoms with Crippen molar-refractivity contribution in [2.45, 2.75) is 53.2 Å². The van der Waals surface area contributed by atoms with Gasteiger partial charge in [0, 0.05) is 17.4 Å². The summed E-state index contributed by atoms with van der Waals surface area (Å²) < 4.78 is 0. The Morgan fingerprint density at radius 1 is 1.17 bits per heavy atom. The summed E-state index contributed by atoms with van der Waals surface area (Å²) in [4.78, 5) is 10.7. The molecule has 4 heteroatoms. The largest absolute Gasteiger partial charge is 0.478 e. The van der Waals surface area contributed by atoms with Gasteiger partial charge in [0.2, 0.25) is 0 Å². The van der Waals surface area contributed by atoms with Crippen molar-refractivity contribution in [1.82, 2.24) is 0 Å². The van der Waals surface area contributed by atoms with Crippen molar-refractivity contribution in [1.29, 1.82) is 0 Å². The van der Waals surface area contributed by atoms with Crippen molar-refractivity contribution < 1.29 is 20.1 Å². The molecule has 0 fully saturated rings. The molecule has 0 radical (unpaired) electrons. The van der Waals surface area contributed by atoms with Crippen LogP contribution in [0.1, 0.15) is 41.0 Å². The highest BCUT2D eigenvalue weighted by atomic mass is 16.4. The van der Waals surface area contributed by atoms with Crippen molar-refractivity contribution in [3.8, 4) is 0 Å². The number of carbonyl (C=O) groups is 1. The highest BCUT2D eigenvalue weighted by Gasteiger charge is 2.29. The van der Waals surface area contributed by atoms with Crippen LogP contribution in [0.4, 0.5) is 0 Å². The monoisotopic (exact) mass is 258 g/mol. The number of carboxylic acids is 1. The molecule has 0 amide bonds. The Bertz CT molecular complexity index is 298. The average Bonchev–Trinajstić information content (AvgIpc) is 2.34. The second kappa shape index (κ2) is 7.54. The maximum absolute atomic E-state index is 10.7. The van der Waals surface area contributed by atoms with Crippen LogP contribution in [0.3, 0.4) is 0 Å². The van der Waals surface area contributed by atoms with Gasteiger partial charge in [-0.25, -0.2) is 4.79 Å². The van der Waals surface area contributed by atoms with Gasteiger partial charge in [-0.2, -0.15) is 0 Å². The van der Waals surface area contributed by atoms with Crippen LogP contribution in [0.2, 0.25) is 0 Å². The third-order valence-electron chi connectivity index (χ3n) is 3.69. The van der Waals surface area contributed by atoms with Crippen LogP contribution < -0.4 is 0 Å². The number of aliphatic hydroxyl groups is 2. The Morgan fingerprint density at radius 3 is 2.06 bits per heavy atom. The lowest BCUT2D eigenvalue weighted by Gasteiger charge is -2.30. The summed E-state index contributed by atoms with van der Waals surface area (Å²) in [6, 6.07) is 0. The highest BCUT2D eigenvalue weighted by molar-refractivity contribution is 5.85. The van der Waals surface area contributed by atoms with E-state index < -0.39 is 18.2 Å². The second-order valence-electron chi connectivity index (χ2n) is 5.24. The maximum atomic E-state index is 10.7. The van der Waals surface area contributed by atoms with Crippen molar-refractivity contribution in [2.24, 2.45) is 17.8 Å². The number of aliphatic carboxylic acids is 1. The zero-order valence-corrected chi connectivity index (χ0v) is 11.9. The fourth-order valence-electron chi connectivity index (χ4n) is 2.00. The van der Waals surface area contributed by atoms with Crippen LogP contribution in [-0.4, -0.2) is 33.5 Å². The zero-order valence-electron chi connectivity index (χ0n) is 11.9. The van der Waals surface area contributed by atoms with Crippen LogP contribution >= 0.6 is 0 Å². The Hall–Kier alpha value is -0.870. The van der Waals surface area contributed by atoms with E-state index in [-0.39, 0.29) is 23.3 Å². The van der Waals surface area contributed by atoms with Crippen LogP contribution in [0.5, 0.6) is 0 Å². The molecule has 0 aliphatic heterocycles. The van der Waals surface area contributed by atoms with Crippen LogP contribution in [0.25, 0.3) is 0 Å². The predicted octanol–water partition coefficient (Wildman–Crippen LogP) is 2.06. The Labute approximate surface area is 109 Å². The van der Waals surface area contributed by atoms with Gasteiger partial charge in [-0.05, 0) is 12.8 Å². The summed E-state index contributed by atoms with van der Waals surface area (Å²) in [6.45, 7) is 8.99. The molecule has 0 spiro atoms. The summed E-state index contributed by atoms with van der Waals surface area (Å²) in [5, 5.41) is 29.0. The molecule has 5 unspecified atom stereocenters. The van der Waals surface area contributed by atoms with Gasteiger partial charge in [-0.1, -0.05) is 40.2 Å². The van der Waals surface area contributed by atoms with E-state index in [0.717, 1.165) is 6.42 Å². The molecule has 0 saturated heterocycles. The van der Waals surface area contributed by atoms with E-state index in [9.17, 15) is 15.0 Å². The van der Waals surface area contributed by atoms with Gasteiger partial charge in [0.15, 0.2) is 0 Å². The van der Waals surface area contributed by atoms with Crippen molar-refractivity contribution in [2.75, 3.05) is 0 Å². The van der Waals surface area contributed by atoms with Crippen LogP contribution in [-0.2, 0) is 4.79 Å². The standard InChI is InChI=1S/C14H26O4/c1-6-8(2)12(15)11(5)13(16)9(3)7-10(4)14(17)18/h7-9,11-13,15-16H,6H2,1-5H3,(H,17,18). The van der Waals surface area contributed by atoms with Crippen LogP contribution in [0.15, 0.2) is 11.6 Å². The summed E-state index contributed by atoms with van der Waals surface area (Å²) in [5.74, 6) is -1.45. The minimum atomic E-state index is -0.982. The van der Waals surface area contributed by atoms with E-state index in [1.807, 2.05) is 13.8 Å². The van der Waals surface area contributed by atoms with E-state index in [1.165, 1.54) is 13.0 Å². The topological polar surface area (TPSA) is 77.8 Å². The zero-order chi connectivity index (χ0) is 14.5. The number of hydrogen-bond donors (Lipinski definition) is 3. The first kappa shape index (κ1) is 17.1. The third kappa shape index (κ3) is 4.78. The smallest absolute Gasteiger partial charge is 0.330 e. The maximum Gasteiger partial charge on any atom is 0.330 e. The molecule has 5 atom stereocenters. The average molecular weight is 258 g/mol. The molecule has 0 rings (SSSR count). The molecule has 0 aliphatic rings. The van der Waals surface area contributed by atoms with E-state index >= 15 is 0 Å². The van der Waals surface area contributed by atoms with E-state index in [2.05, 4.69) is 0 Å². The molecule has 0 aromatic carbocycles. The first-order valence-electron chi connectivity index (χ1n) is 6.50. The number of carboxylic acid groups (broad SMARTS) is 1. The molecule has 4 nitrogen and oxygen atoms in total. The molecule has 0 aromatic rings. The third-order valence-corrected chi connectivity index (χ3v) is 3.69. The SMILES string of the molecule is CCC(C)C(O)C(C)C(O)C(C)C=C(C)C(=O)O. The van der Waals surface area contributed by atoms with Gasteiger partial charge in [0.1, 0.15) is 0 Å². The minimum absolute atomic E-state index is 0.117. The molecule has 106 valence electrons. The van der Waals surface area contributed by atoms with Crippen molar-refractivity contribution in [3.05, 3.63) is 11.6 Å². The van der Waals surface area contributed by atoms with Gasteiger partial charge in [0.25, 0.3) is 0 Å². The molecule has 0 saturated carbocycles. The predicted molar refractivity (Wildman–Crippen MR) is 71.2 cm³/mol. The summed E-state index contributed by atoms with van der Waals surface area (Å²) in [7, 11) is 0. The van der Waals surface area contributed by atoms with Gasteiger partial charge >= 0.3 is 5.97 Å². The molecule has 3 N–H and O–H groups in total. The Morgan fingerprint density at radius 2 is 1.67 bits per heavy atom. The van der Waals surface area contributed by atoms with Gasteiger partial charge in [-0.3, -0.25) is 0 Å². The molecular formula is C14H26O4. The molecular weight excluding hydrogens is 232 g/mol. The van der Waals surface area contributed by atoms with E-state index in [0.29, 0.717) is 0 Å². The van der Waals surface area contributed by atoms with Gasteiger partial charge in [-0.15, -0.1) is 0 Å². The first-order valence-corrected chi connectivity index (χ1v) is 6.50. The number of hydrogen-bond acceptors (Lipinski definition) is 3. The van der Waals surface area contributed by atoms with Gasteiger partial charge in [0.05, 0.1) is 12.2 Å². The molecule has 18 heavy (non-hydrogen) atoms. The normalized spacial score (nSPS) is 20.9. The summed E-state index contributed by atoms with van der Waals surface area (Å²) in [5.41, 5.74) is 0.215. The van der Waals surface area contributed by atoms with Crippen LogP contribution in [0, 0.1) is 17.8 Å². The van der Waals surface area contributed by atoms with Crippen molar-refractivity contribution >= 4 is 5.97 Å². The fourth-order valence-corrected chi connectivity index (χ4v) is 2.00. The highest BCUT2D eigenvalue weighted by Crippen LogP contribution is 2.24. The van der Waals surface area contributed by atoms with E-state index in [4.69, 9.17) is 5.11 Å². The molecule has 0 aliphatic carbocycles. The number of rotatable bonds is 7.